The highest BCUT2D eigenvalue weighted by atomic mass is 19.1. The third kappa shape index (κ3) is 3.42. The fourth-order valence-electron chi connectivity index (χ4n) is 3.62. The summed E-state index contributed by atoms with van der Waals surface area (Å²) in [6.45, 7) is 5.39. The van der Waals surface area contributed by atoms with Crippen molar-refractivity contribution in [2.24, 2.45) is 5.92 Å². The number of rotatable bonds is 4. The quantitative estimate of drug-likeness (QED) is 0.925. The zero-order valence-electron chi connectivity index (χ0n) is 13.2. The molecule has 1 aromatic carbocycles. The van der Waals surface area contributed by atoms with Crippen LogP contribution in [0.4, 0.5) is 4.39 Å². The molecule has 2 aliphatic rings. The van der Waals surface area contributed by atoms with Gasteiger partial charge in [0, 0.05) is 51.0 Å². The molecule has 0 aliphatic carbocycles. The Balaban J connectivity index is 1.92. The van der Waals surface area contributed by atoms with E-state index >= 15 is 0 Å². The second-order valence-corrected chi connectivity index (χ2v) is 6.07. The summed E-state index contributed by atoms with van der Waals surface area (Å²) in [6.07, 6.45) is 1.98. The fourth-order valence-corrected chi connectivity index (χ4v) is 3.62. The van der Waals surface area contributed by atoms with Gasteiger partial charge in [0.2, 0.25) is 0 Å². The molecule has 4 nitrogen and oxygen atoms in total. The molecule has 3 rings (SSSR count). The molecule has 0 saturated carbocycles. The van der Waals surface area contributed by atoms with Crippen molar-refractivity contribution in [1.82, 2.24) is 10.2 Å². The molecule has 0 spiro atoms. The minimum Gasteiger partial charge on any atom is -0.497 e. The first-order valence-corrected chi connectivity index (χ1v) is 8.15. The van der Waals surface area contributed by atoms with Crippen molar-refractivity contribution in [2.45, 2.75) is 18.9 Å². The lowest BCUT2D eigenvalue weighted by Gasteiger charge is -2.41. The molecule has 1 aromatic rings. The Morgan fingerprint density at radius 1 is 1.27 bits per heavy atom. The van der Waals surface area contributed by atoms with Gasteiger partial charge in [-0.15, -0.1) is 0 Å². The van der Waals surface area contributed by atoms with Gasteiger partial charge in [-0.3, -0.25) is 4.90 Å². The van der Waals surface area contributed by atoms with E-state index < -0.39 is 0 Å². The Morgan fingerprint density at radius 3 is 2.68 bits per heavy atom. The van der Waals surface area contributed by atoms with Crippen molar-refractivity contribution in [3.05, 3.63) is 29.6 Å². The van der Waals surface area contributed by atoms with Crippen molar-refractivity contribution in [3.63, 3.8) is 0 Å². The van der Waals surface area contributed by atoms with E-state index in [1.165, 1.54) is 6.07 Å². The Labute approximate surface area is 131 Å². The van der Waals surface area contributed by atoms with Crippen molar-refractivity contribution in [1.29, 1.82) is 0 Å². The summed E-state index contributed by atoms with van der Waals surface area (Å²) in [4.78, 5) is 2.42. The van der Waals surface area contributed by atoms with Crippen LogP contribution in [-0.4, -0.2) is 51.4 Å². The number of halogens is 1. The van der Waals surface area contributed by atoms with Gasteiger partial charge in [0.25, 0.3) is 0 Å². The Hall–Kier alpha value is -1.17. The van der Waals surface area contributed by atoms with Crippen LogP contribution in [0, 0.1) is 11.7 Å². The number of methoxy groups -OCH3 is 1. The lowest BCUT2D eigenvalue weighted by molar-refractivity contribution is 0.0202. The summed E-state index contributed by atoms with van der Waals surface area (Å²) in [7, 11) is 1.63. The van der Waals surface area contributed by atoms with Crippen LogP contribution in [0.25, 0.3) is 0 Å². The molecule has 22 heavy (non-hydrogen) atoms. The highest BCUT2D eigenvalue weighted by Gasteiger charge is 2.33. The Morgan fingerprint density at radius 2 is 2.00 bits per heavy atom. The van der Waals surface area contributed by atoms with Gasteiger partial charge >= 0.3 is 0 Å². The molecule has 0 bridgehead atoms. The number of hydrogen-bond donors (Lipinski definition) is 1. The molecule has 5 heteroatoms. The van der Waals surface area contributed by atoms with E-state index in [1.54, 1.807) is 13.2 Å². The second kappa shape index (κ2) is 7.40. The average Bonchev–Trinajstić information content (AvgIpc) is 2.59. The monoisotopic (exact) mass is 308 g/mol. The van der Waals surface area contributed by atoms with E-state index in [0.29, 0.717) is 5.92 Å². The van der Waals surface area contributed by atoms with E-state index in [1.807, 2.05) is 6.07 Å². The van der Waals surface area contributed by atoms with Crippen LogP contribution in [0.15, 0.2) is 18.2 Å². The third-order valence-corrected chi connectivity index (χ3v) is 4.78. The normalized spacial score (nSPS) is 22.5. The Kier molecular flexibility index (Phi) is 5.28. The maximum absolute atomic E-state index is 14.5. The van der Waals surface area contributed by atoms with Crippen molar-refractivity contribution >= 4 is 0 Å². The molecule has 2 aliphatic heterocycles. The molecular weight excluding hydrogens is 283 g/mol. The predicted octanol–water partition coefficient (Wildman–Crippen LogP) is 2.21. The van der Waals surface area contributed by atoms with Crippen LogP contribution in [0.2, 0.25) is 0 Å². The molecular formula is C17H25FN2O2. The molecule has 0 aromatic heterocycles. The van der Waals surface area contributed by atoms with Crippen LogP contribution < -0.4 is 10.1 Å². The first kappa shape index (κ1) is 15.7. The molecule has 0 radical (unpaired) electrons. The standard InChI is InChI=1S/C17H25FN2O2/c1-21-14-2-3-16(18)15(12-14)17(13-4-10-22-11-5-13)20-8-6-19-7-9-20/h2-3,12-13,17,19H,4-11H2,1H3/t17-/m1/s1. The maximum atomic E-state index is 14.5. The molecule has 0 unspecified atom stereocenters. The molecule has 2 saturated heterocycles. The summed E-state index contributed by atoms with van der Waals surface area (Å²) in [5, 5.41) is 3.38. The number of ether oxygens (including phenoxy) is 2. The number of piperazine rings is 1. The lowest BCUT2D eigenvalue weighted by Crippen LogP contribution is -2.47. The fraction of sp³-hybridized carbons (Fsp3) is 0.647. The van der Waals surface area contributed by atoms with Crippen molar-refractivity contribution in [2.75, 3.05) is 46.5 Å². The molecule has 122 valence electrons. The molecule has 1 atom stereocenters. The zero-order valence-corrected chi connectivity index (χ0v) is 13.2. The topological polar surface area (TPSA) is 33.7 Å². The van der Waals surface area contributed by atoms with Crippen LogP contribution in [-0.2, 0) is 4.74 Å². The summed E-state index contributed by atoms with van der Waals surface area (Å²) in [5.41, 5.74) is 0.771. The number of benzene rings is 1. The van der Waals surface area contributed by atoms with Crippen LogP contribution >= 0.6 is 0 Å². The van der Waals surface area contributed by atoms with Crippen LogP contribution in [0.3, 0.4) is 0 Å². The van der Waals surface area contributed by atoms with E-state index in [2.05, 4.69) is 10.2 Å². The van der Waals surface area contributed by atoms with E-state index in [4.69, 9.17) is 9.47 Å². The number of hydrogen-bond acceptors (Lipinski definition) is 4. The van der Waals surface area contributed by atoms with Gasteiger partial charge < -0.3 is 14.8 Å². The van der Waals surface area contributed by atoms with Gasteiger partial charge in [-0.2, -0.15) is 0 Å². The van der Waals surface area contributed by atoms with Gasteiger partial charge in [-0.05, 0) is 37.0 Å². The third-order valence-electron chi connectivity index (χ3n) is 4.78. The Bertz CT molecular complexity index is 468. The summed E-state index contributed by atoms with van der Waals surface area (Å²) >= 11 is 0. The minimum atomic E-state index is -0.129. The molecule has 2 heterocycles. The maximum Gasteiger partial charge on any atom is 0.128 e. The zero-order chi connectivity index (χ0) is 15.4. The lowest BCUT2D eigenvalue weighted by atomic mass is 9.85. The van der Waals surface area contributed by atoms with Crippen molar-refractivity contribution in [3.8, 4) is 5.75 Å². The first-order chi connectivity index (χ1) is 10.8. The highest BCUT2D eigenvalue weighted by molar-refractivity contribution is 5.32. The molecule has 0 amide bonds. The highest BCUT2D eigenvalue weighted by Crippen LogP contribution is 2.37. The summed E-state index contributed by atoms with van der Waals surface area (Å²) < 4.78 is 25.3. The largest absolute Gasteiger partial charge is 0.497 e. The van der Waals surface area contributed by atoms with E-state index in [0.717, 1.165) is 63.5 Å². The van der Waals surface area contributed by atoms with Gasteiger partial charge in [0.1, 0.15) is 11.6 Å². The average molecular weight is 308 g/mol. The summed E-state index contributed by atoms with van der Waals surface area (Å²) in [5.74, 6) is 1.04. The first-order valence-electron chi connectivity index (χ1n) is 8.15. The molecule has 2 fully saturated rings. The smallest absolute Gasteiger partial charge is 0.128 e. The van der Waals surface area contributed by atoms with E-state index in [9.17, 15) is 4.39 Å². The van der Waals surface area contributed by atoms with Gasteiger partial charge in [0.05, 0.1) is 7.11 Å². The molecule has 1 N–H and O–H groups in total. The number of nitrogens with one attached hydrogen (secondary N) is 1. The van der Waals surface area contributed by atoms with E-state index in [-0.39, 0.29) is 11.9 Å². The van der Waals surface area contributed by atoms with Crippen LogP contribution in [0.5, 0.6) is 5.75 Å². The van der Waals surface area contributed by atoms with Crippen LogP contribution in [0.1, 0.15) is 24.4 Å². The summed E-state index contributed by atoms with van der Waals surface area (Å²) in [6, 6.07) is 5.21. The predicted molar refractivity (Wildman–Crippen MR) is 83.7 cm³/mol. The van der Waals surface area contributed by atoms with Gasteiger partial charge in [-0.25, -0.2) is 4.39 Å². The minimum absolute atomic E-state index is 0.112. The second-order valence-electron chi connectivity index (χ2n) is 6.07. The van der Waals surface area contributed by atoms with Gasteiger partial charge in [0.15, 0.2) is 0 Å². The van der Waals surface area contributed by atoms with Crippen molar-refractivity contribution < 1.29 is 13.9 Å². The van der Waals surface area contributed by atoms with Gasteiger partial charge in [-0.1, -0.05) is 0 Å². The SMILES string of the molecule is COc1ccc(F)c([C@@H](C2CCOCC2)N2CCNCC2)c1. The number of nitrogens with zero attached hydrogens (tertiary/aromatic N) is 1.